The Bertz CT molecular complexity index is 625. The lowest BCUT2D eigenvalue weighted by Gasteiger charge is -2.22. The Morgan fingerprint density at radius 3 is 2.50 bits per heavy atom. The number of methoxy groups -OCH3 is 2. The molecule has 0 saturated heterocycles. The lowest BCUT2D eigenvalue weighted by Crippen LogP contribution is -2.34. The number of esters is 1. The number of amides is 1. The van der Waals surface area contributed by atoms with Crippen LogP contribution in [0.4, 0.5) is 0 Å². The SMILES string of the molecule is CCOc1ccc(/C=C/C(=O)N(CCC(=O)OC)CC(C)C)cc1OC. The quantitative estimate of drug-likeness (QED) is 0.472. The molecule has 0 N–H and O–H groups in total. The van der Waals surface area contributed by atoms with Gasteiger partial charge in [-0.3, -0.25) is 9.59 Å². The van der Waals surface area contributed by atoms with E-state index >= 15 is 0 Å². The van der Waals surface area contributed by atoms with Gasteiger partial charge < -0.3 is 19.1 Å². The maximum absolute atomic E-state index is 12.5. The highest BCUT2D eigenvalue weighted by atomic mass is 16.5. The maximum atomic E-state index is 12.5. The van der Waals surface area contributed by atoms with Crippen molar-refractivity contribution in [3.8, 4) is 11.5 Å². The molecule has 0 bridgehead atoms. The van der Waals surface area contributed by atoms with Crippen LogP contribution in [0.15, 0.2) is 24.3 Å². The third-order valence-corrected chi connectivity index (χ3v) is 3.62. The molecular formula is C20H29NO5. The lowest BCUT2D eigenvalue weighted by atomic mass is 10.1. The Morgan fingerprint density at radius 2 is 1.92 bits per heavy atom. The van der Waals surface area contributed by atoms with Gasteiger partial charge in [-0.2, -0.15) is 0 Å². The van der Waals surface area contributed by atoms with Crippen LogP contribution in [0, 0.1) is 5.92 Å². The van der Waals surface area contributed by atoms with E-state index < -0.39 is 0 Å². The summed E-state index contributed by atoms with van der Waals surface area (Å²) in [5.41, 5.74) is 0.830. The Labute approximate surface area is 155 Å². The highest BCUT2D eigenvalue weighted by Crippen LogP contribution is 2.28. The third kappa shape index (κ3) is 7.17. The van der Waals surface area contributed by atoms with Crippen molar-refractivity contribution in [1.82, 2.24) is 4.90 Å². The molecule has 0 aliphatic rings. The maximum Gasteiger partial charge on any atom is 0.307 e. The molecule has 0 aliphatic heterocycles. The van der Waals surface area contributed by atoms with Crippen molar-refractivity contribution in [1.29, 1.82) is 0 Å². The Morgan fingerprint density at radius 1 is 1.19 bits per heavy atom. The van der Waals surface area contributed by atoms with E-state index in [1.165, 1.54) is 13.2 Å². The van der Waals surface area contributed by atoms with Crippen molar-refractivity contribution in [2.24, 2.45) is 5.92 Å². The fourth-order valence-electron chi connectivity index (χ4n) is 2.40. The normalized spacial score (nSPS) is 10.8. The molecule has 0 spiro atoms. The van der Waals surface area contributed by atoms with Gasteiger partial charge in [0.05, 0.1) is 27.2 Å². The predicted octanol–water partition coefficient (Wildman–Crippen LogP) is 3.15. The Hall–Kier alpha value is -2.50. The number of rotatable bonds is 10. The van der Waals surface area contributed by atoms with E-state index in [2.05, 4.69) is 4.74 Å². The van der Waals surface area contributed by atoms with E-state index in [0.717, 1.165) is 5.56 Å². The molecule has 0 unspecified atom stereocenters. The number of hydrogen-bond acceptors (Lipinski definition) is 5. The molecule has 1 aromatic rings. The monoisotopic (exact) mass is 363 g/mol. The van der Waals surface area contributed by atoms with Crippen molar-refractivity contribution < 1.29 is 23.8 Å². The second-order valence-corrected chi connectivity index (χ2v) is 6.18. The molecule has 1 aromatic carbocycles. The van der Waals surface area contributed by atoms with E-state index in [9.17, 15) is 9.59 Å². The molecule has 0 aromatic heterocycles. The average Bonchev–Trinajstić information content (AvgIpc) is 2.63. The van der Waals surface area contributed by atoms with E-state index in [1.54, 1.807) is 18.1 Å². The van der Waals surface area contributed by atoms with Gasteiger partial charge in [0.25, 0.3) is 0 Å². The van der Waals surface area contributed by atoms with Gasteiger partial charge in [0.1, 0.15) is 0 Å². The molecule has 0 aliphatic carbocycles. The molecule has 0 atom stereocenters. The van der Waals surface area contributed by atoms with Gasteiger partial charge >= 0.3 is 5.97 Å². The average molecular weight is 363 g/mol. The minimum atomic E-state index is -0.327. The number of carbonyl (C=O) groups excluding carboxylic acids is 2. The van der Waals surface area contributed by atoms with Crippen LogP contribution in [0.1, 0.15) is 32.8 Å². The molecule has 144 valence electrons. The molecule has 6 heteroatoms. The summed E-state index contributed by atoms with van der Waals surface area (Å²) in [6, 6.07) is 5.49. The second kappa shape index (κ2) is 11.2. The summed E-state index contributed by atoms with van der Waals surface area (Å²) in [5.74, 6) is 1.11. The number of ether oxygens (including phenoxy) is 3. The van der Waals surface area contributed by atoms with Gasteiger partial charge in [-0.15, -0.1) is 0 Å². The zero-order valence-electron chi connectivity index (χ0n) is 16.3. The van der Waals surface area contributed by atoms with Crippen molar-refractivity contribution in [2.45, 2.75) is 27.2 Å². The number of benzene rings is 1. The van der Waals surface area contributed by atoms with Crippen LogP contribution in [0.25, 0.3) is 6.08 Å². The molecule has 1 amide bonds. The summed E-state index contributed by atoms with van der Waals surface area (Å²) >= 11 is 0. The van der Waals surface area contributed by atoms with Gasteiger partial charge in [-0.25, -0.2) is 0 Å². The summed E-state index contributed by atoms with van der Waals surface area (Å²) in [5, 5.41) is 0. The predicted molar refractivity (Wildman–Crippen MR) is 101 cm³/mol. The summed E-state index contributed by atoms with van der Waals surface area (Å²) in [6.45, 7) is 7.42. The van der Waals surface area contributed by atoms with E-state index in [4.69, 9.17) is 9.47 Å². The Balaban J connectivity index is 2.84. The van der Waals surface area contributed by atoms with Gasteiger partial charge in [0, 0.05) is 19.2 Å². The fraction of sp³-hybridized carbons (Fsp3) is 0.500. The number of hydrogen-bond donors (Lipinski definition) is 0. The van der Waals surface area contributed by atoms with Crippen molar-refractivity contribution >= 4 is 18.0 Å². The van der Waals surface area contributed by atoms with Gasteiger partial charge in [-0.05, 0) is 36.6 Å². The second-order valence-electron chi connectivity index (χ2n) is 6.18. The first-order valence-electron chi connectivity index (χ1n) is 8.75. The summed E-state index contributed by atoms with van der Waals surface area (Å²) in [7, 11) is 2.92. The summed E-state index contributed by atoms with van der Waals surface area (Å²) in [6.07, 6.45) is 3.42. The van der Waals surface area contributed by atoms with Crippen LogP contribution in [-0.2, 0) is 14.3 Å². The van der Waals surface area contributed by atoms with Crippen LogP contribution < -0.4 is 9.47 Å². The smallest absolute Gasteiger partial charge is 0.307 e. The topological polar surface area (TPSA) is 65.1 Å². The van der Waals surface area contributed by atoms with Gasteiger partial charge in [0.2, 0.25) is 5.91 Å². The lowest BCUT2D eigenvalue weighted by molar-refractivity contribution is -0.141. The van der Waals surface area contributed by atoms with E-state index in [1.807, 2.05) is 39.0 Å². The van der Waals surface area contributed by atoms with E-state index in [0.29, 0.717) is 37.1 Å². The highest BCUT2D eigenvalue weighted by Gasteiger charge is 2.14. The standard InChI is InChI=1S/C20H29NO5/c1-6-26-17-9-7-16(13-18(17)24-4)8-10-19(22)21(14-15(2)3)12-11-20(23)25-5/h7-10,13,15H,6,11-12,14H2,1-5H3/b10-8+. The highest BCUT2D eigenvalue weighted by molar-refractivity contribution is 5.92. The summed E-state index contributed by atoms with van der Waals surface area (Å²) in [4.78, 5) is 25.5. The van der Waals surface area contributed by atoms with Crippen molar-refractivity contribution in [3.63, 3.8) is 0 Å². The molecule has 0 saturated carbocycles. The first-order chi connectivity index (χ1) is 12.4. The molecular weight excluding hydrogens is 334 g/mol. The number of nitrogens with zero attached hydrogens (tertiary/aromatic N) is 1. The first-order valence-corrected chi connectivity index (χ1v) is 8.75. The largest absolute Gasteiger partial charge is 0.493 e. The minimum absolute atomic E-state index is 0.143. The Kier molecular flexibility index (Phi) is 9.26. The zero-order valence-corrected chi connectivity index (χ0v) is 16.3. The molecule has 1 rings (SSSR count). The van der Waals surface area contributed by atoms with Gasteiger partial charge in [-0.1, -0.05) is 19.9 Å². The van der Waals surface area contributed by atoms with Crippen LogP contribution in [0.2, 0.25) is 0 Å². The molecule has 0 radical (unpaired) electrons. The zero-order chi connectivity index (χ0) is 19.5. The van der Waals surface area contributed by atoms with E-state index in [-0.39, 0.29) is 18.3 Å². The molecule has 0 heterocycles. The van der Waals surface area contributed by atoms with Crippen molar-refractivity contribution in [3.05, 3.63) is 29.8 Å². The van der Waals surface area contributed by atoms with Crippen molar-refractivity contribution in [2.75, 3.05) is 33.9 Å². The first kappa shape index (κ1) is 21.5. The minimum Gasteiger partial charge on any atom is -0.493 e. The third-order valence-electron chi connectivity index (χ3n) is 3.62. The van der Waals surface area contributed by atoms with Crippen LogP contribution in [0.3, 0.4) is 0 Å². The molecule has 26 heavy (non-hydrogen) atoms. The molecule has 0 fully saturated rings. The fourth-order valence-corrected chi connectivity index (χ4v) is 2.40. The van der Waals surface area contributed by atoms with Crippen LogP contribution >= 0.6 is 0 Å². The van der Waals surface area contributed by atoms with Crippen LogP contribution in [0.5, 0.6) is 11.5 Å². The summed E-state index contributed by atoms with van der Waals surface area (Å²) < 4.78 is 15.5. The van der Waals surface area contributed by atoms with Crippen LogP contribution in [-0.4, -0.2) is 50.7 Å². The molecule has 6 nitrogen and oxygen atoms in total. The number of carbonyl (C=O) groups is 2. The van der Waals surface area contributed by atoms with Gasteiger partial charge in [0.15, 0.2) is 11.5 Å².